The normalized spacial score (nSPS) is 24.3. The monoisotopic (exact) mass is 335 g/mol. The smallest absolute Gasteiger partial charge is 0.241 e. The van der Waals surface area contributed by atoms with Gasteiger partial charge in [0, 0.05) is 24.0 Å². The minimum Gasteiger partial charge on any atom is -0.386 e. The molecule has 1 fully saturated rings. The number of aliphatic hydroxyl groups is 1. The number of hydrogen-bond donors (Lipinski definition) is 2. The summed E-state index contributed by atoms with van der Waals surface area (Å²) in [6.07, 6.45) is 0.436. The van der Waals surface area contributed by atoms with Crippen molar-refractivity contribution in [3.05, 3.63) is 28.7 Å². The molecule has 1 saturated heterocycles. The Bertz CT molecular complexity index is 526. The second kappa shape index (κ2) is 5.26. The Morgan fingerprint density at radius 2 is 2.17 bits per heavy atom. The van der Waals surface area contributed by atoms with Gasteiger partial charge in [0.05, 0.1) is 11.5 Å². The molecule has 1 heterocycles. The second-order valence-corrected chi connectivity index (χ2v) is 6.87. The van der Waals surface area contributed by atoms with Crippen LogP contribution in [0.3, 0.4) is 0 Å². The average molecular weight is 336 g/mol. The van der Waals surface area contributed by atoms with Gasteiger partial charge in [0.1, 0.15) is 5.60 Å². The van der Waals surface area contributed by atoms with Gasteiger partial charge in [-0.25, -0.2) is 13.1 Å². The lowest BCUT2D eigenvalue weighted by Gasteiger charge is -2.20. The van der Waals surface area contributed by atoms with E-state index < -0.39 is 15.6 Å². The van der Waals surface area contributed by atoms with Crippen LogP contribution in [-0.2, 0) is 14.8 Å². The van der Waals surface area contributed by atoms with Crippen molar-refractivity contribution in [2.24, 2.45) is 0 Å². The molecule has 1 atom stereocenters. The van der Waals surface area contributed by atoms with Crippen LogP contribution in [0, 0.1) is 0 Å². The molecular weight excluding hydrogens is 322 g/mol. The van der Waals surface area contributed by atoms with Crippen LogP contribution in [-0.4, -0.2) is 38.9 Å². The van der Waals surface area contributed by atoms with Crippen molar-refractivity contribution >= 4 is 26.0 Å². The molecule has 1 aliphatic rings. The van der Waals surface area contributed by atoms with Gasteiger partial charge >= 0.3 is 0 Å². The highest BCUT2D eigenvalue weighted by Crippen LogP contribution is 2.22. The maximum absolute atomic E-state index is 12.1. The predicted octanol–water partition coefficient (Wildman–Crippen LogP) is 0.879. The van der Waals surface area contributed by atoms with Crippen molar-refractivity contribution in [3.8, 4) is 0 Å². The highest BCUT2D eigenvalue weighted by molar-refractivity contribution is 9.10. The van der Waals surface area contributed by atoms with Crippen molar-refractivity contribution in [1.82, 2.24) is 4.72 Å². The summed E-state index contributed by atoms with van der Waals surface area (Å²) >= 11 is 3.19. The van der Waals surface area contributed by atoms with Crippen molar-refractivity contribution in [2.45, 2.75) is 16.9 Å². The molecule has 0 bridgehead atoms. The standard InChI is InChI=1S/C11H14BrNO4S/c12-9-3-1-2-4-10(9)18(15,16)13-7-11(14)5-6-17-8-11/h1-4,13-14H,5-8H2. The maximum atomic E-state index is 12.1. The lowest BCUT2D eigenvalue weighted by Crippen LogP contribution is -2.43. The summed E-state index contributed by atoms with van der Waals surface area (Å²) < 4.78 is 32.1. The molecule has 0 amide bonds. The van der Waals surface area contributed by atoms with Crippen LogP contribution in [0.1, 0.15) is 6.42 Å². The van der Waals surface area contributed by atoms with Crippen molar-refractivity contribution in [1.29, 1.82) is 0 Å². The highest BCUT2D eigenvalue weighted by atomic mass is 79.9. The van der Waals surface area contributed by atoms with E-state index >= 15 is 0 Å². The van der Waals surface area contributed by atoms with E-state index in [4.69, 9.17) is 4.74 Å². The highest BCUT2D eigenvalue weighted by Gasteiger charge is 2.33. The van der Waals surface area contributed by atoms with Gasteiger partial charge in [-0.1, -0.05) is 12.1 Å². The Hall–Kier alpha value is -0.470. The lowest BCUT2D eigenvalue weighted by molar-refractivity contribution is 0.0314. The average Bonchev–Trinajstić information content (AvgIpc) is 2.75. The van der Waals surface area contributed by atoms with E-state index in [1.165, 1.54) is 6.07 Å². The molecule has 2 rings (SSSR count). The van der Waals surface area contributed by atoms with Crippen molar-refractivity contribution in [3.63, 3.8) is 0 Å². The number of hydrogen-bond acceptors (Lipinski definition) is 4. The van der Waals surface area contributed by atoms with E-state index in [0.29, 0.717) is 17.5 Å². The Morgan fingerprint density at radius 3 is 2.78 bits per heavy atom. The number of benzene rings is 1. The van der Waals surface area contributed by atoms with Crippen LogP contribution >= 0.6 is 15.9 Å². The summed E-state index contributed by atoms with van der Waals surface area (Å²) in [6, 6.07) is 6.54. The first kappa shape index (κ1) is 14.0. The van der Waals surface area contributed by atoms with Crippen LogP contribution in [0.4, 0.5) is 0 Å². The molecule has 0 aromatic heterocycles. The van der Waals surface area contributed by atoms with Gasteiger partial charge in [0.2, 0.25) is 10.0 Å². The van der Waals surface area contributed by atoms with Gasteiger partial charge in [-0.05, 0) is 28.1 Å². The molecule has 7 heteroatoms. The van der Waals surface area contributed by atoms with Gasteiger partial charge in [0.25, 0.3) is 0 Å². The fourth-order valence-electron chi connectivity index (χ4n) is 1.71. The molecule has 5 nitrogen and oxygen atoms in total. The Morgan fingerprint density at radius 1 is 1.44 bits per heavy atom. The summed E-state index contributed by atoms with van der Waals surface area (Å²) in [5.41, 5.74) is -1.10. The second-order valence-electron chi connectivity index (χ2n) is 4.28. The van der Waals surface area contributed by atoms with Crippen LogP contribution in [0.25, 0.3) is 0 Å². The van der Waals surface area contributed by atoms with Gasteiger partial charge in [-0.15, -0.1) is 0 Å². The summed E-state index contributed by atoms with van der Waals surface area (Å²) in [5, 5.41) is 10.0. The molecule has 1 aromatic rings. The SMILES string of the molecule is O=S(=O)(NCC1(O)CCOC1)c1ccccc1Br. The zero-order chi connectivity index (χ0) is 13.2. The summed E-state index contributed by atoms with van der Waals surface area (Å²) in [5.74, 6) is 0. The fraction of sp³-hybridized carbons (Fsp3) is 0.455. The maximum Gasteiger partial charge on any atom is 0.241 e. The Labute approximate surface area is 114 Å². The Balaban J connectivity index is 2.11. The molecule has 0 spiro atoms. The molecule has 100 valence electrons. The molecule has 1 aliphatic heterocycles. The molecule has 0 saturated carbocycles. The number of ether oxygens (including phenoxy) is 1. The molecule has 1 unspecified atom stereocenters. The third kappa shape index (κ3) is 3.10. The summed E-state index contributed by atoms with van der Waals surface area (Å²) in [7, 11) is -3.63. The molecule has 0 radical (unpaired) electrons. The molecule has 0 aliphatic carbocycles. The van der Waals surface area contributed by atoms with E-state index in [1.54, 1.807) is 18.2 Å². The summed E-state index contributed by atoms with van der Waals surface area (Å²) in [6.45, 7) is 0.565. The number of nitrogens with one attached hydrogen (secondary N) is 1. The third-order valence-corrected chi connectivity index (χ3v) is 5.21. The van der Waals surface area contributed by atoms with E-state index in [9.17, 15) is 13.5 Å². The Kier molecular flexibility index (Phi) is 4.08. The van der Waals surface area contributed by atoms with Crippen LogP contribution < -0.4 is 4.72 Å². The zero-order valence-corrected chi connectivity index (χ0v) is 12.0. The van der Waals surface area contributed by atoms with E-state index in [-0.39, 0.29) is 18.0 Å². The predicted molar refractivity (Wildman–Crippen MR) is 69.7 cm³/mol. The lowest BCUT2D eigenvalue weighted by atomic mass is 10.1. The third-order valence-electron chi connectivity index (χ3n) is 2.80. The first-order chi connectivity index (χ1) is 8.43. The van der Waals surface area contributed by atoms with Crippen molar-refractivity contribution in [2.75, 3.05) is 19.8 Å². The fourth-order valence-corrected chi connectivity index (χ4v) is 3.83. The van der Waals surface area contributed by atoms with E-state index in [0.717, 1.165) is 0 Å². The minimum atomic E-state index is -3.63. The quantitative estimate of drug-likeness (QED) is 0.856. The van der Waals surface area contributed by atoms with E-state index in [1.807, 2.05) is 0 Å². The zero-order valence-electron chi connectivity index (χ0n) is 9.60. The number of halogens is 1. The topological polar surface area (TPSA) is 75.6 Å². The van der Waals surface area contributed by atoms with Crippen molar-refractivity contribution < 1.29 is 18.3 Å². The molecule has 2 N–H and O–H groups in total. The van der Waals surface area contributed by atoms with Crippen LogP contribution in [0.2, 0.25) is 0 Å². The molecule has 18 heavy (non-hydrogen) atoms. The molecular formula is C11H14BrNO4S. The van der Waals surface area contributed by atoms with Gasteiger partial charge in [-0.2, -0.15) is 0 Å². The van der Waals surface area contributed by atoms with E-state index in [2.05, 4.69) is 20.7 Å². The van der Waals surface area contributed by atoms with Gasteiger partial charge < -0.3 is 9.84 Å². The van der Waals surface area contributed by atoms with Gasteiger partial charge in [0.15, 0.2) is 0 Å². The minimum absolute atomic E-state index is 0.0450. The number of rotatable bonds is 4. The largest absolute Gasteiger partial charge is 0.386 e. The van der Waals surface area contributed by atoms with Crippen LogP contribution in [0.15, 0.2) is 33.6 Å². The first-order valence-corrected chi connectivity index (χ1v) is 7.75. The summed E-state index contributed by atoms with van der Waals surface area (Å²) in [4.78, 5) is 0.160. The molecule has 1 aromatic carbocycles. The first-order valence-electron chi connectivity index (χ1n) is 5.47. The van der Waals surface area contributed by atoms with Crippen LogP contribution in [0.5, 0.6) is 0 Å². The number of sulfonamides is 1. The van der Waals surface area contributed by atoms with Gasteiger partial charge in [-0.3, -0.25) is 0 Å².